The summed E-state index contributed by atoms with van der Waals surface area (Å²) < 4.78 is 10.9. The number of benzene rings is 8. The Labute approximate surface area is 324 Å². The summed E-state index contributed by atoms with van der Waals surface area (Å²) in [7, 11) is 3.34. The van der Waals surface area contributed by atoms with Crippen molar-refractivity contribution in [1.82, 2.24) is 0 Å². The molecule has 0 unspecified atom stereocenters. The third-order valence-corrected chi connectivity index (χ3v) is 9.87. The van der Waals surface area contributed by atoms with E-state index in [1.165, 1.54) is 6.08 Å². The Kier molecular flexibility index (Phi) is 9.62. The van der Waals surface area contributed by atoms with E-state index in [0.29, 0.717) is 5.56 Å². The predicted octanol–water partition coefficient (Wildman–Crippen LogP) is 11.7. The second-order valence-electron chi connectivity index (χ2n) is 13.2. The highest BCUT2D eigenvalue weighted by atomic mass is 16.5. The largest absolute Gasteiger partial charge is 0.497 e. The molecule has 8 aromatic carbocycles. The van der Waals surface area contributed by atoms with E-state index in [0.717, 1.165) is 83.1 Å². The number of nitriles is 1. The fraction of sp³-hybridized carbons (Fsp3) is 0.0400. The van der Waals surface area contributed by atoms with Gasteiger partial charge >= 0.3 is 5.97 Å². The maximum Gasteiger partial charge on any atom is 0.346 e. The smallest absolute Gasteiger partial charge is 0.346 e. The van der Waals surface area contributed by atoms with Gasteiger partial charge in [0.05, 0.1) is 14.2 Å². The van der Waals surface area contributed by atoms with Gasteiger partial charge in [0.1, 0.15) is 23.1 Å². The van der Waals surface area contributed by atoms with Crippen molar-refractivity contribution in [2.75, 3.05) is 19.1 Å². The van der Waals surface area contributed by atoms with Crippen LogP contribution >= 0.6 is 0 Å². The third-order valence-electron chi connectivity index (χ3n) is 9.87. The number of carbonyl (C=O) groups is 1. The molecule has 6 heteroatoms. The van der Waals surface area contributed by atoms with Crippen molar-refractivity contribution < 1.29 is 19.4 Å². The Bertz CT molecular complexity index is 2850. The van der Waals surface area contributed by atoms with Gasteiger partial charge in [0.25, 0.3) is 0 Å². The number of nitrogens with zero attached hydrogens (tertiary/aromatic N) is 2. The number of aliphatic carboxylic acids is 1. The van der Waals surface area contributed by atoms with Gasteiger partial charge in [-0.3, -0.25) is 0 Å². The van der Waals surface area contributed by atoms with Crippen molar-refractivity contribution in [2.45, 2.75) is 0 Å². The van der Waals surface area contributed by atoms with Crippen molar-refractivity contribution in [1.29, 1.82) is 5.26 Å². The van der Waals surface area contributed by atoms with Gasteiger partial charge in [-0.1, -0.05) is 84.6 Å². The van der Waals surface area contributed by atoms with Crippen LogP contribution in [0.4, 0.5) is 17.1 Å². The van der Waals surface area contributed by atoms with Crippen LogP contribution in [-0.4, -0.2) is 25.3 Å². The number of ether oxygens (including phenoxy) is 2. The van der Waals surface area contributed by atoms with Crippen LogP contribution in [0, 0.1) is 23.2 Å². The minimum Gasteiger partial charge on any atom is -0.497 e. The summed E-state index contributed by atoms with van der Waals surface area (Å²) in [6, 6.07) is 55.0. The average Bonchev–Trinajstić information content (AvgIpc) is 3.25. The van der Waals surface area contributed by atoms with Crippen LogP contribution in [-0.2, 0) is 4.79 Å². The number of rotatable bonds is 8. The second-order valence-corrected chi connectivity index (χ2v) is 13.2. The number of hydrogen-bond donors (Lipinski definition) is 1. The molecule has 0 amide bonds. The lowest BCUT2D eigenvalue weighted by atomic mass is 9.87. The molecule has 268 valence electrons. The molecule has 6 nitrogen and oxygen atoms in total. The maximum absolute atomic E-state index is 11.3. The first-order valence-corrected chi connectivity index (χ1v) is 18.0. The second kappa shape index (κ2) is 15.3. The zero-order chi connectivity index (χ0) is 38.6. The van der Waals surface area contributed by atoms with Crippen LogP contribution in [0.3, 0.4) is 0 Å². The lowest BCUT2D eigenvalue weighted by molar-refractivity contribution is -0.132. The number of carboxylic acids is 1. The molecule has 8 rings (SSSR count). The quantitative estimate of drug-likeness (QED) is 0.0726. The van der Waals surface area contributed by atoms with Crippen LogP contribution < -0.4 is 14.4 Å². The Hall–Kier alpha value is -7.80. The van der Waals surface area contributed by atoms with E-state index in [9.17, 15) is 15.2 Å². The van der Waals surface area contributed by atoms with Crippen molar-refractivity contribution in [3.05, 3.63) is 180 Å². The number of hydrogen-bond acceptors (Lipinski definition) is 5. The molecule has 0 spiro atoms. The summed E-state index contributed by atoms with van der Waals surface area (Å²) in [6.07, 6.45) is 1.35. The van der Waals surface area contributed by atoms with Crippen molar-refractivity contribution >= 4 is 61.4 Å². The van der Waals surface area contributed by atoms with E-state index >= 15 is 0 Å². The predicted molar refractivity (Wildman–Crippen MR) is 226 cm³/mol. The fourth-order valence-corrected chi connectivity index (χ4v) is 7.10. The average molecular weight is 727 g/mol. The van der Waals surface area contributed by atoms with Crippen LogP contribution in [0.15, 0.2) is 163 Å². The van der Waals surface area contributed by atoms with E-state index in [2.05, 4.69) is 120 Å². The molecule has 1 N–H and O–H groups in total. The zero-order valence-electron chi connectivity index (χ0n) is 30.7. The van der Waals surface area contributed by atoms with Gasteiger partial charge in [-0.25, -0.2) is 4.79 Å². The molecule has 0 aliphatic heterocycles. The van der Waals surface area contributed by atoms with Gasteiger partial charge in [-0.15, -0.1) is 0 Å². The van der Waals surface area contributed by atoms with E-state index < -0.39 is 5.97 Å². The number of carboxylic acid groups (broad SMARTS) is 1. The molecule has 0 aliphatic rings. The monoisotopic (exact) mass is 726 g/mol. The first-order chi connectivity index (χ1) is 27.4. The topological polar surface area (TPSA) is 82.8 Å². The van der Waals surface area contributed by atoms with Crippen molar-refractivity contribution in [3.63, 3.8) is 0 Å². The summed E-state index contributed by atoms with van der Waals surface area (Å²) in [5, 5.41) is 25.0. The van der Waals surface area contributed by atoms with E-state index in [-0.39, 0.29) is 5.57 Å². The van der Waals surface area contributed by atoms with Crippen molar-refractivity contribution in [2.24, 2.45) is 0 Å². The van der Waals surface area contributed by atoms with E-state index in [4.69, 9.17) is 9.47 Å². The first-order valence-electron chi connectivity index (χ1n) is 18.0. The van der Waals surface area contributed by atoms with Gasteiger partial charge < -0.3 is 19.5 Å². The summed E-state index contributed by atoms with van der Waals surface area (Å²) in [5.41, 5.74) is 7.18. The summed E-state index contributed by atoms with van der Waals surface area (Å²) >= 11 is 0. The summed E-state index contributed by atoms with van der Waals surface area (Å²) in [4.78, 5) is 13.5. The molecule has 0 radical (unpaired) electrons. The first kappa shape index (κ1) is 35.2. The Morgan fingerprint density at radius 2 is 1.12 bits per heavy atom. The number of methoxy groups -OCH3 is 2. The van der Waals surface area contributed by atoms with Crippen LogP contribution in [0.2, 0.25) is 0 Å². The molecule has 0 aliphatic carbocycles. The van der Waals surface area contributed by atoms with E-state index in [1.807, 2.05) is 42.5 Å². The highest BCUT2D eigenvalue weighted by molar-refractivity contribution is 6.19. The molecular weight excluding hydrogens is 693 g/mol. The number of fused-ring (bicyclic) bond motifs is 3. The normalized spacial score (nSPS) is 11.1. The molecule has 0 saturated carbocycles. The SMILES string of the molecule is COc1ccc(N(c2ccc(OC)cc2)c2ccc(-c3c4ccccc4c(C#Cc4ccc(/C=C(\C#N)C(=O)O)cc4)c4cc5ccccc5cc34)cc2)cc1. The summed E-state index contributed by atoms with van der Waals surface area (Å²) in [6.45, 7) is 0. The zero-order valence-corrected chi connectivity index (χ0v) is 30.7. The molecule has 0 saturated heterocycles. The van der Waals surface area contributed by atoms with Gasteiger partial charge in [0.2, 0.25) is 0 Å². The van der Waals surface area contributed by atoms with Gasteiger partial charge in [0.15, 0.2) is 0 Å². The third kappa shape index (κ3) is 6.87. The lowest BCUT2D eigenvalue weighted by Gasteiger charge is -2.26. The van der Waals surface area contributed by atoms with Gasteiger partial charge in [-0.05, 0) is 140 Å². The maximum atomic E-state index is 11.3. The minimum absolute atomic E-state index is 0.324. The fourth-order valence-electron chi connectivity index (χ4n) is 7.10. The molecule has 0 atom stereocenters. The highest BCUT2D eigenvalue weighted by Crippen LogP contribution is 2.43. The lowest BCUT2D eigenvalue weighted by Crippen LogP contribution is -2.09. The standard InChI is InChI=1S/C50H34N2O4/c1-55-42-24-20-40(21-25-42)52(41-22-26-43(56-2)27-23-41)39-18-16-35(17-19-39)49-46-10-6-5-9-44(46)45(47-30-36-7-3-4-8-37(36)31-48(47)49)28-15-33-11-13-34(14-12-33)29-38(32-51)50(53)54/h3-14,16-27,29-31H,1-2H3,(H,53,54)/b38-29+. The molecular formula is C50H34N2O4. The van der Waals surface area contributed by atoms with Crippen molar-refractivity contribution in [3.8, 4) is 40.5 Å². The molecule has 0 fully saturated rings. The highest BCUT2D eigenvalue weighted by Gasteiger charge is 2.18. The minimum atomic E-state index is -1.26. The molecule has 0 aromatic heterocycles. The summed E-state index contributed by atoms with van der Waals surface area (Å²) in [5.74, 6) is 7.20. The number of anilines is 3. The van der Waals surface area contributed by atoms with Gasteiger partial charge in [-0.2, -0.15) is 5.26 Å². The van der Waals surface area contributed by atoms with E-state index in [1.54, 1.807) is 32.4 Å². The van der Waals surface area contributed by atoms with Crippen LogP contribution in [0.25, 0.3) is 49.5 Å². The van der Waals surface area contributed by atoms with Crippen LogP contribution in [0.5, 0.6) is 11.5 Å². The van der Waals surface area contributed by atoms with Gasteiger partial charge in [0, 0.05) is 28.2 Å². The Morgan fingerprint density at radius 1 is 0.607 bits per heavy atom. The molecule has 8 aromatic rings. The molecule has 56 heavy (non-hydrogen) atoms. The molecule has 0 bridgehead atoms. The Morgan fingerprint density at radius 3 is 1.66 bits per heavy atom. The Balaban J connectivity index is 1.27. The molecule has 0 heterocycles. The van der Waals surface area contributed by atoms with Crippen LogP contribution in [0.1, 0.15) is 16.7 Å².